The zero-order valence-electron chi connectivity index (χ0n) is 15.0. The molecule has 5 atom stereocenters. The van der Waals surface area contributed by atoms with Crippen molar-refractivity contribution >= 4 is 29.7 Å². The second kappa shape index (κ2) is 10.4. The zero-order valence-corrected chi connectivity index (χ0v) is 15.0. The number of aliphatic carboxylic acids is 1. The van der Waals surface area contributed by atoms with E-state index >= 15 is 0 Å². The molecule has 14 nitrogen and oxygen atoms in total. The Labute approximate surface area is 159 Å². The Kier molecular flexibility index (Phi) is 8.56. The van der Waals surface area contributed by atoms with Crippen molar-refractivity contribution in [3.05, 3.63) is 0 Å². The molecular formula is C14H24N6O8. The lowest BCUT2D eigenvalue weighted by Crippen LogP contribution is -2.59. The number of hydrogen-bond acceptors (Lipinski definition) is 8. The number of primary amides is 1. The normalized spacial score (nSPS) is 21.7. The van der Waals surface area contributed by atoms with Gasteiger partial charge in [-0.25, -0.2) is 9.59 Å². The summed E-state index contributed by atoms with van der Waals surface area (Å²) in [7, 11) is 0. The van der Waals surface area contributed by atoms with Gasteiger partial charge in [0, 0.05) is 0 Å². The molecule has 5 amide bonds. The van der Waals surface area contributed by atoms with Gasteiger partial charge in [-0.15, -0.1) is 0 Å². The third-order valence-corrected chi connectivity index (χ3v) is 3.84. The summed E-state index contributed by atoms with van der Waals surface area (Å²) < 4.78 is 0. The molecule has 1 aliphatic heterocycles. The first-order valence-corrected chi connectivity index (χ1v) is 8.30. The second-order valence-electron chi connectivity index (χ2n) is 6.16. The van der Waals surface area contributed by atoms with Gasteiger partial charge in [-0.05, 0) is 19.9 Å². The van der Waals surface area contributed by atoms with Gasteiger partial charge < -0.3 is 37.0 Å². The van der Waals surface area contributed by atoms with Crippen LogP contribution >= 0.6 is 0 Å². The highest BCUT2D eigenvalue weighted by Gasteiger charge is 2.32. The van der Waals surface area contributed by atoms with E-state index in [2.05, 4.69) is 5.32 Å². The van der Waals surface area contributed by atoms with Crippen LogP contribution in [0.5, 0.6) is 0 Å². The molecule has 0 aromatic rings. The number of carboxylic acids is 1. The van der Waals surface area contributed by atoms with Crippen LogP contribution in [-0.4, -0.2) is 81.9 Å². The first-order chi connectivity index (χ1) is 13.0. The number of rotatable bonds is 8. The lowest BCUT2D eigenvalue weighted by molar-refractivity contribution is -0.141. The lowest BCUT2D eigenvalue weighted by Gasteiger charge is -2.22. The quantitative estimate of drug-likeness (QED) is 0.176. The summed E-state index contributed by atoms with van der Waals surface area (Å²) in [6, 6.07) is -5.29. The molecule has 1 saturated heterocycles. The Balaban J connectivity index is 2.66. The molecule has 0 bridgehead atoms. The van der Waals surface area contributed by atoms with Crippen LogP contribution in [0.25, 0.3) is 0 Å². The molecule has 0 aromatic carbocycles. The average Bonchev–Trinajstić information content (AvgIpc) is 3.01. The van der Waals surface area contributed by atoms with Crippen molar-refractivity contribution in [1.29, 1.82) is 0 Å². The number of aliphatic hydroxyl groups excluding tert-OH is 2. The Morgan fingerprint density at radius 2 is 1.82 bits per heavy atom. The molecule has 1 fully saturated rings. The minimum atomic E-state index is -1.66. The highest BCUT2D eigenvalue weighted by Crippen LogP contribution is 2.05. The number of carbonyl (C=O) groups excluding carboxylic acids is 4. The number of nitrogens with two attached hydrogens (primary N) is 1. The molecule has 158 valence electrons. The van der Waals surface area contributed by atoms with Crippen molar-refractivity contribution in [3.63, 3.8) is 0 Å². The van der Waals surface area contributed by atoms with Crippen LogP contribution in [0.1, 0.15) is 19.8 Å². The molecule has 1 rings (SSSR count). The number of aliphatic hydroxyl groups is 2. The van der Waals surface area contributed by atoms with Crippen LogP contribution in [0, 0.1) is 0 Å². The lowest BCUT2D eigenvalue weighted by atomic mass is 10.1. The number of urea groups is 1. The van der Waals surface area contributed by atoms with Crippen molar-refractivity contribution in [1.82, 2.24) is 26.8 Å². The molecule has 0 saturated carbocycles. The fourth-order valence-electron chi connectivity index (χ4n) is 2.39. The number of nitrogens with one attached hydrogen (secondary N) is 5. The first-order valence-electron chi connectivity index (χ1n) is 8.30. The van der Waals surface area contributed by atoms with Gasteiger partial charge in [0.2, 0.25) is 5.91 Å². The van der Waals surface area contributed by atoms with Crippen molar-refractivity contribution in [3.8, 4) is 0 Å². The zero-order chi connectivity index (χ0) is 21.4. The Morgan fingerprint density at radius 3 is 2.29 bits per heavy atom. The minimum Gasteiger partial charge on any atom is -0.480 e. The summed E-state index contributed by atoms with van der Waals surface area (Å²) in [5.74, 6) is -4.22. The number of hydrogen-bond donors (Lipinski definition) is 9. The van der Waals surface area contributed by atoms with E-state index < -0.39 is 66.5 Å². The van der Waals surface area contributed by atoms with Crippen LogP contribution in [0.3, 0.4) is 0 Å². The van der Waals surface area contributed by atoms with Crippen LogP contribution in [0.2, 0.25) is 0 Å². The first kappa shape index (κ1) is 23.1. The molecule has 28 heavy (non-hydrogen) atoms. The Morgan fingerprint density at radius 1 is 1.18 bits per heavy atom. The standard InChI is InChI=1S/C14H24N6O8/c1-5(21)9(13(26)27)18-14(28)17-6(4-8(15)23)11(24)19-20-12(25)10-7(22)2-3-16-10/h5-7,9-10,16,21-22H,2-4H2,1H3,(H2,15,23)(H,19,24)(H,20,25)(H,26,27)(H2,17,18,28)/t5?,6-,7?,9-,10-/m0/s1. The van der Waals surface area contributed by atoms with Gasteiger partial charge in [0.25, 0.3) is 11.8 Å². The van der Waals surface area contributed by atoms with E-state index in [0.29, 0.717) is 13.0 Å². The average molecular weight is 404 g/mol. The van der Waals surface area contributed by atoms with Gasteiger partial charge in [-0.3, -0.25) is 25.2 Å². The highest BCUT2D eigenvalue weighted by molar-refractivity contribution is 5.93. The summed E-state index contributed by atoms with van der Waals surface area (Å²) in [6.07, 6.45) is -2.66. The van der Waals surface area contributed by atoms with E-state index in [4.69, 9.17) is 10.8 Å². The maximum atomic E-state index is 12.1. The Hall–Kier alpha value is -2.97. The Bertz CT molecular complexity index is 627. The van der Waals surface area contributed by atoms with E-state index in [1.54, 1.807) is 0 Å². The predicted octanol–water partition coefficient (Wildman–Crippen LogP) is -4.77. The van der Waals surface area contributed by atoms with Crippen LogP contribution in [0.4, 0.5) is 4.79 Å². The summed E-state index contributed by atoms with van der Waals surface area (Å²) in [4.78, 5) is 58.0. The van der Waals surface area contributed by atoms with Crippen LogP contribution in [-0.2, 0) is 19.2 Å². The topological polar surface area (TPSA) is 232 Å². The minimum absolute atomic E-state index is 0.353. The SMILES string of the molecule is CC(O)[C@H](NC(=O)N[C@@H](CC(N)=O)C(=O)NNC(=O)[C@H]1NCCC1O)C(=O)O. The molecule has 14 heteroatoms. The molecule has 10 N–H and O–H groups in total. The number of amides is 5. The van der Waals surface area contributed by atoms with Gasteiger partial charge in [-0.2, -0.15) is 0 Å². The molecule has 0 aromatic heterocycles. The molecular weight excluding hydrogens is 380 g/mol. The van der Waals surface area contributed by atoms with Crippen LogP contribution < -0.4 is 32.5 Å². The third-order valence-electron chi connectivity index (χ3n) is 3.84. The summed E-state index contributed by atoms with van der Waals surface area (Å²) in [5.41, 5.74) is 9.05. The smallest absolute Gasteiger partial charge is 0.328 e. The van der Waals surface area contributed by atoms with Gasteiger partial charge >= 0.3 is 12.0 Å². The number of carboxylic acid groups (broad SMARTS) is 1. The molecule has 0 spiro atoms. The van der Waals surface area contributed by atoms with Crippen molar-refractivity contribution < 1.29 is 39.3 Å². The third kappa shape index (κ3) is 6.98. The fraction of sp³-hybridized carbons (Fsp3) is 0.643. The van der Waals surface area contributed by atoms with E-state index in [9.17, 15) is 34.2 Å². The monoisotopic (exact) mass is 404 g/mol. The van der Waals surface area contributed by atoms with Crippen molar-refractivity contribution in [2.75, 3.05) is 6.54 Å². The van der Waals surface area contributed by atoms with E-state index in [-0.39, 0.29) is 0 Å². The van der Waals surface area contributed by atoms with Crippen LogP contribution in [0.15, 0.2) is 0 Å². The maximum Gasteiger partial charge on any atom is 0.328 e. The van der Waals surface area contributed by atoms with Crippen molar-refractivity contribution in [2.45, 2.75) is 50.1 Å². The van der Waals surface area contributed by atoms with E-state index in [1.807, 2.05) is 21.5 Å². The van der Waals surface area contributed by atoms with Gasteiger partial charge in [0.1, 0.15) is 12.1 Å². The molecule has 0 aliphatic carbocycles. The molecule has 1 heterocycles. The van der Waals surface area contributed by atoms with E-state index in [1.165, 1.54) is 0 Å². The predicted molar refractivity (Wildman–Crippen MR) is 91.1 cm³/mol. The van der Waals surface area contributed by atoms with E-state index in [0.717, 1.165) is 6.92 Å². The fourth-order valence-corrected chi connectivity index (χ4v) is 2.39. The molecule has 1 aliphatic rings. The highest BCUT2D eigenvalue weighted by atomic mass is 16.4. The largest absolute Gasteiger partial charge is 0.480 e. The molecule has 0 radical (unpaired) electrons. The summed E-state index contributed by atoms with van der Waals surface area (Å²) >= 11 is 0. The number of carbonyl (C=O) groups is 5. The maximum absolute atomic E-state index is 12.1. The van der Waals surface area contributed by atoms with Gasteiger partial charge in [-0.1, -0.05) is 0 Å². The second-order valence-corrected chi connectivity index (χ2v) is 6.16. The van der Waals surface area contributed by atoms with Gasteiger partial charge in [0.15, 0.2) is 6.04 Å². The van der Waals surface area contributed by atoms with Crippen molar-refractivity contribution in [2.24, 2.45) is 5.73 Å². The summed E-state index contributed by atoms with van der Waals surface area (Å²) in [6.45, 7) is 1.54. The number of hydrazine groups is 1. The summed E-state index contributed by atoms with van der Waals surface area (Å²) in [5, 5.41) is 34.6. The van der Waals surface area contributed by atoms with Gasteiger partial charge in [0.05, 0.1) is 18.6 Å². The molecule has 2 unspecified atom stereocenters.